The highest BCUT2D eigenvalue weighted by atomic mass is 32.2. The van der Waals surface area contributed by atoms with Gasteiger partial charge < -0.3 is 0 Å². The van der Waals surface area contributed by atoms with E-state index in [-0.39, 0.29) is 5.91 Å². The molecular formula is C18H27N3OS2. The third kappa shape index (κ3) is 5.11. The van der Waals surface area contributed by atoms with Crippen LogP contribution in [0.4, 0.5) is 5.82 Å². The minimum atomic E-state index is -0.146. The fraction of sp³-hybridized carbons (Fsp3) is 0.500. The summed E-state index contributed by atoms with van der Waals surface area (Å²) in [6, 6.07) is 0. The maximum absolute atomic E-state index is 12.5. The Bertz CT molecular complexity index is 629. The van der Waals surface area contributed by atoms with Crippen molar-refractivity contribution in [2.24, 2.45) is 5.92 Å². The number of hydrogen-bond acceptors (Lipinski definition) is 5. The minimum absolute atomic E-state index is 0.146. The van der Waals surface area contributed by atoms with Crippen LogP contribution in [0.5, 0.6) is 0 Å². The fourth-order valence-corrected chi connectivity index (χ4v) is 3.35. The van der Waals surface area contributed by atoms with Gasteiger partial charge in [-0.15, -0.1) is 11.8 Å². The van der Waals surface area contributed by atoms with Gasteiger partial charge in [-0.05, 0) is 44.8 Å². The molecule has 0 spiro atoms. The van der Waals surface area contributed by atoms with E-state index >= 15 is 0 Å². The van der Waals surface area contributed by atoms with Crippen molar-refractivity contribution in [3.8, 4) is 0 Å². The number of aromatic nitrogens is 2. The lowest BCUT2D eigenvalue weighted by Crippen LogP contribution is -2.33. The van der Waals surface area contributed by atoms with E-state index < -0.39 is 0 Å². The van der Waals surface area contributed by atoms with Crippen LogP contribution in [0.15, 0.2) is 34.5 Å². The van der Waals surface area contributed by atoms with Crippen LogP contribution in [-0.2, 0) is 4.79 Å². The lowest BCUT2D eigenvalue weighted by molar-refractivity contribution is -0.114. The zero-order chi connectivity index (χ0) is 18.3. The second-order valence-electron chi connectivity index (χ2n) is 5.61. The summed E-state index contributed by atoms with van der Waals surface area (Å²) >= 11 is 3.16. The van der Waals surface area contributed by atoms with E-state index in [0.29, 0.717) is 23.4 Å². The highest BCUT2D eigenvalue weighted by Crippen LogP contribution is 2.28. The molecule has 1 aromatic rings. The summed E-state index contributed by atoms with van der Waals surface area (Å²) < 4.78 is 0. The lowest BCUT2D eigenvalue weighted by Gasteiger charge is -2.25. The zero-order valence-corrected chi connectivity index (χ0v) is 17.1. The van der Waals surface area contributed by atoms with Gasteiger partial charge in [0.2, 0.25) is 0 Å². The molecule has 1 aromatic heterocycles. The number of rotatable bonds is 8. The highest BCUT2D eigenvalue weighted by Gasteiger charge is 2.21. The molecule has 24 heavy (non-hydrogen) atoms. The number of aryl methyl sites for hydroxylation is 1. The molecule has 0 bridgehead atoms. The second kappa shape index (κ2) is 9.89. The number of allylic oxidation sites excluding steroid dienone is 1. The van der Waals surface area contributed by atoms with Crippen LogP contribution in [0.25, 0.3) is 0 Å². The molecule has 132 valence electrons. The largest absolute Gasteiger partial charge is 0.288 e. The Balaban J connectivity index is 3.33. The molecule has 1 amide bonds. The molecule has 0 radical (unpaired) electrons. The zero-order valence-electron chi connectivity index (χ0n) is 15.4. The summed E-state index contributed by atoms with van der Waals surface area (Å²) in [7, 11) is 0. The van der Waals surface area contributed by atoms with Crippen LogP contribution >= 0.6 is 23.5 Å². The van der Waals surface area contributed by atoms with Gasteiger partial charge in [0.15, 0.2) is 5.16 Å². The van der Waals surface area contributed by atoms with Crippen LogP contribution in [-0.4, -0.2) is 34.9 Å². The molecule has 0 fully saturated rings. The van der Waals surface area contributed by atoms with Crippen molar-refractivity contribution in [2.45, 2.75) is 39.3 Å². The van der Waals surface area contributed by atoms with Gasteiger partial charge >= 0.3 is 0 Å². The molecule has 1 rings (SSSR count). The summed E-state index contributed by atoms with van der Waals surface area (Å²) in [5.41, 5.74) is 2.20. The number of nitrogens with zero attached hydrogens (tertiary/aromatic N) is 3. The van der Waals surface area contributed by atoms with Crippen LogP contribution < -0.4 is 4.90 Å². The normalized spacial score (nSPS) is 13.2. The quantitative estimate of drug-likeness (QED) is 0.379. The first-order chi connectivity index (χ1) is 11.4. The lowest BCUT2D eigenvalue weighted by atomic mass is 9.99. The van der Waals surface area contributed by atoms with Gasteiger partial charge in [-0.1, -0.05) is 37.8 Å². The summed E-state index contributed by atoms with van der Waals surface area (Å²) in [5.74, 6) is 0.997. The van der Waals surface area contributed by atoms with Crippen LogP contribution in [0.2, 0.25) is 0 Å². The summed E-state index contributed by atoms with van der Waals surface area (Å²) in [6.07, 6.45) is 8.17. The van der Waals surface area contributed by atoms with E-state index in [2.05, 4.69) is 43.6 Å². The SMILES string of the molecule is C=CC(=O)N(CC(SC)=C(C)C(C)CC)c1nc(SC)ncc1C. The Morgan fingerprint density at radius 3 is 2.62 bits per heavy atom. The smallest absolute Gasteiger partial charge is 0.251 e. The van der Waals surface area contributed by atoms with E-state index in [4.69, 9.17) is 0 Å². The van der Waals surface area contributed by atoms with Gasteiger partial charge in [0, 0.05) is 16.7 Å². The first-order valence-electron chi connectivity index (χ1n) is 7.94. The highest BCUT2D eigenvalue weighted by molar-refractivity contribution is 8.02. The predicted octanol–water partition coefficient (Wildman–Crippen LogP) is 4.71. The van der Waals surface area contributed by atoms with Crippen molar-refractivity contribution in [1.82, 2.24) is 9.97 Å². The average molecular weight is 366 g/mol. The molecule has 0 N–H and O–H groups in total. The van der Waals surface area contributed by atoms with Gasteiger partial charge in [-0.3, -0.25) is 9.69 Å². The fourth-order valence-electron chi connectivity index (χ4n) is 2.23. The number of amides is 1. The number of carbonyl (C=O) groups is 1. The molecule has 0 aliphatic heterocycles. The molecule has 1 atom stereocenters. The summed E-state index contributed by atoms with van der Waals surface area (Å²) in [6.45, 7) is 12.6. The maximum atomic E-state index is 12.5. The monoisotopic (exact) mass is 365 g/mol. The molecule has 0 saturated heterocycles. The van der Waals surface area contributed by atoms with Crippen molar-refractivity contribution >= 4 is 35.2 Å². The Labute approximate surface area is 154 Å². The second-order valence-corrected chi connectivity index (χ2v) is 7.29. The minimum Gasteiger partial charge on any atom is -0.288 e. The van der Waals surface area contributed by atoms with Crippen molar-refractivity contribution in [1.29, 1.82) is 0 Å². The third-order valence-corrected chi connectivity index (χ3v) is 5.65. The van der Waals surface area contributed by atoms with Crippen LogP contribution in [0, 0.1) is 12.8 Å². The molecule has 0 aliphatic rings. The Morgan fingerprint density at radius 1 is 1.46 bits per heavy atom. The number of hydrogen-bond donors (Lipinski definition) is 0. The van der Waals surface area contributed by atoms with E-state index in [9.17, 15) is 4.79 Å². The van der Waals surface area contributed by atoms with E-state index in [1.807, 2.05) is 13.2 Å². The van der Waals surface area contributed by atoms with Crippen molar-refractivity contribution in [2.75, 3.05) is 24.0 Å². The summed E-state index contributed by atoms with van der Waals surface area (Å²) in [5, 5.41) is 0.658. The Hall–Kier alpha value is -1.27. The molecule has 0 aromatic carbocycles. The van der Waals surface area contributed by atoms with Crippen molar-refractivity contribution in [3.63, 3.8) is 0 Å². The van der Waals surface area contributed by atoms with E-state index in [1.54, 1.807) is 22.9 Å². The predicted molar refractivity (Wildman–Crippen MR) is 107 cm³/mol. The van der Waals surface area contributed by atoms with Crippen LogP contribution in [0.1, 0.15) is 32.8 Å². The molecule has 0 aliphatic carbocycles. The standard InChI is InChI=1S/C18H27N3OS2/c1-8-12(3)14(5)15(23-6)11-21(16(22)9-2)17-13(4)10-19-18(20-17)24-7/h9-10,12H,2,8,11H2,1,3-7H3. The molecule has 1 unspecified atom stereocenters. The van der Waals surface area contributed by atoms with E-state index in [1.165, 1.54) is 28.3 Å². The number of carbonyl (C=O) groups excluding carboxylic acids is 1. The van der Waals surface area contributed by atoms with Gasteiger partial charge in [0.1, 0.15) is 5.82 Å². The topological polar surface area (TPSA) is 46.1 Å². The average Bonchev–Trinajstić information content (AvgIpc) is 2.61. The number of thioether (sulfide) groups is 2. The van der Waals surface area contributed by atoms with Crippen molar-refractivity contribution in [3.05, 3.63) is 34.9 Å². The Kier molecular flexibility index (Phi) is 8.56. The van der Waals surface area contributed by atoms with Crippen molar-refractivity contribution < 1.29 is 4.79 Å². The first kappa shape index (κ1) is 20.8. The third-order valence-electron chi connectivity index (χ3n) is 4.14. The van der Waals surface area contributed by atoms with E-state index in [0.717, 1.165) is 12.0 Å². The Morgan fingerprint density at radius 2 is 2.12 bits per heavy atom. The van der Waals surface area contributed by atoms with Gasteiger partial charge in [-0.2, -0.15) is 0 Å². The van der Waals surface area contributed by atoms with Crippen LogP contribution in [0.3, 0.4) is 0 Å². The molecular weight excluding hydrogens is 338 g/mol. The first-order valence-corrected chi connectivity index (χ1v) is 10.4. The van der Waals surface area contributed by atoms with Gasteiger partial charge in [0.25, 0.3) is 5.91 Å². The molecule has 6 heteroatoms. The summed E-state index contributed by atoms with van der Waals surface area (Å²) in [4.78, 5) is 24.2. The molecule has 0 saturated carbocycles. The van der Waals surface area contributed by atoms with Gasteiger partial charge in [-0.25, -0.2) is 9.97 Å². The molecule has 1 heterocycles. The maximum Gasteiger partial charge on any atom is 0.251 e. The number of anilines is 1. The molecule has 4 nitrogen and oxygen atoms in total. The van der Waals surface area contributed by atoms with Gasteiger partial charge in [0.05, 0.1) is 6.54 Å².